The third kappa shape index (κ3) is 3.22. The van der Waals surface area contributed by atoms with Crippen molar-refractivity contribution in [2.75, 3.05) is 24.5 Å². The van der Waals surface area contributed by atoms with Crippen LogP contribution in [0.2, 0.25) is 0 Å². The van der Waals surface area contributed by atoms with Gasteiger partial charge in [-0.15, -0.1) is 0 Å². The highest BCUT2D eigenvalue weighted by atomic mass is 19.1. The average Bonchev–Trinajstić information content (AvgIpc) is 3.00. The molecule has 2 aliphatic heterocycles. The van der Waals surface area contributed by atoms with Crippen LogP contribution in [0.25, 0.3) is 0 Å². The summed E-state index contributed by atoms with van der Waals surface area (Å²) >= 11 is 0. The van der Waals surface area contributed by atoms with Gasteiger partial charge in [0.25, 0.3) is 5.91 Å². The summed E-state index contributed by atoms with van der Waals surface area (Å²) in [4.78, 5) is 28.4. The lowest BCUT2D eigenvalue weighted by Gasteiger charge is -2.39. The molecule has 2 fully saturated rings. The number of hydrogen-bond acceptors (Lipinski definition) is 3. The quantitative estimate of drug-likeness (QED) is 0.838. The van der Waals surface area contributed by atoms with Crippen molar-refractivity contribution in [2.24, 2.45) is 0 Å². The van der Waals surface area contributed by atoms with Gasteiger partial charge in [-0.1, -0.05) is 6.92 Å². The van der Waals surface area contributed by atoms with Gasteiger partial charge in [0.2, 0.25) is 5.91 Å². The Bertz CT molecular complexity index is 590. The van der Waals surface area contributed by atoms with Crippen molar-refractivity contribution in [1.82, 2.24) is 10.2 Å². The minimum Gasteiger partial charge on any atom is -0.341 e. The van der Waals surface area contributed by atoms with Gasteiger partial charge in [-0.3, -0.25) is 14.5 Å². The van der Waals surface area contributed by atoms with E-state index in [0.717, 1.165) is 32.4 Å². The number of amides is 2. The molecule has 2 atom stereocenters. The number of anilines is 1. The Hall–Kier alpha value is -1.95. The van der Waals surface area contributed by atoms with Crippen molar-refractivity contribution in [2.45, 2.75) is 38.3 Å². The second-order valence-corrected chi connectivity index (χ2v) is 6.18. The van der Waals surface area contributed by atoms with E-state index in [4.69, 9.17) is 0 Å². The maximum atomic E-state index is 12.9. The Morgan fingerprint density at radius 3 is 2.74 bits per heavy atom. The van der Waals surface area contributed by atoms with Gasteiger partial charge in [0, 0.05) is 5.69 Å². The molecule has 2 unspecified atom stereocenters. The molecule has 2 aliphatic rings. The van der Waals surface area contributed by atoms with Crippen LogP contribution < -0.4 is 10.2 Å². The molecule has 0 bridgehead atoms. The van der Waals surface area contributed by atoms with E-state index in [1.807, 2.05) is 0 Å². The fourth-order valence-electron chi connectivity index (χ4n) is 3.33. The third-order valence-electron chi connectivity index (χ3n) is 4.56. The number of benzene rings is 1. The van der Waals surface area contributed by atoms with E-state index in [1.165, 1.54) is 12.1 Å². The molecule has 5 nitrogen and oxygen atoms in total. The molecule has 1 N–H and O–H groups in total. The second kappa shape index (κ2) is 6.66. The second-order valence-electron chi connectivity index (χ2n) is 6.18. The molecule has 2 amide bonds. The smallest absolute Gasteiger partial charge is 0.251 e. The van der Waals surface area contributed by atoms with E-state index in [1.54, 1.807) is 17.0 Å². The predicted molar refractivity (Wildman–Crippen MR) is 85.6 cm³/mol. The van der Waals surface area contributed by atoms with Gasteiger partial charge in [0.1, 0.15) is 11.9 Å². The van der Waals surface area contributed by atoms with E-state index < -0.39 is 6.04 Å². The lowest BCUT2D eigenvalue weighted by atomic mass is 10.0. The SMILES string of the molecule is CCCN1CCCC1C(=O)NC1CN(c2ccc(F)cc2)C1=O. The van der Waals surface area contributed by atoms with Crippen LogP contribution >= 0.6 is 0 Å². The molecule has 0 aliphatic carbocycles. The molecule has 0 aromatic heterocycles. The molecule has 2 saturated heterocycles. The molecule has 6 heteroatoms. The Labute approximate surface area is 135 Å². The van der Waals surface area contributed by atoms with Crippen LogP contribution in [0.15, 0.2) is 24.3 Å². The summed E-state index contributed by atoms with van der Waals surface area (Å²) < 4.78 is 12.9. The molecule has 0 radical (unpaired) electrons. The number of carbonyl (C=O) groups is 2. The zero-order chi connectivity index (χ0) is 16.4. The molecular weight excluding hydrogens is 297 g/mol. The fraction of sp³-hybridized carbons (Fsp3) is 0.529. The van der Waals surface area contributed by atoms with Crippen LogP contribution in [0.5, 0.6) is 0 Å². The van der Waals surface area contributed by atoms with Gasteiger partial charge in [-0.05, 0) is 56.6 Å². The highest BCUT2D eigenvalue weighted by molar-refractivity contribution is 6.06. The first-order valence-electron chi connectivity index (χ1n) is 8.21. The zero-order valence-corrected chi connectivity index (χ0v) is 13.3. The standard InChI is InChI=1S/C17H22FN3O2/c1-2-9-20-10-3-4-15(20)16(22)19-14-11-21(17(14)23)13-7-5-12(18)6-8-13/h5-8,14-15H,2-4,9-11H2,1H3,(H,19,22). The van der Waals surface area contributed by atoms with Gasteiger partial charge >= 0.3 is 0 Å². The number of rotatable bonds is 5. The van der Waals surface area contributed by atoms with Crippen molar-refractivity contribution in [3.05, 3.63) is 30.1 Å². The van der Waals surface area contributed by atoms with Crippen molar-refractivity contribution < 1.29 is 14.0 Å². The molecule has 0 spiro atoms. The first-order valence-corrected chi connectivity index (χ1v) is 8.21. The lowest BCUT2D eigenvalue weighted by molar-refractivity contribution is -0.132. The maximum Gasteiger partial charge on any atom is 0.251 e. The number of halogens is 1. The van der Waals surface area contributed by atoms with Crippen LogP contribution in [-0.4, -0.2) is 48.4 Å². The summed E-state index contributed by atoms with van der Waals surface area (Å²) in [7, 11) is 0. The van der Waals surface area contributed by atoms with Crippen molar-refractivity contribution in [1.29, 1.82) is 0 Å². The van der Waals surface area contributed by atoms with Gasteiger partial charge in [0.05, 0.1) is 12.6 Å². The minimum atomic E-state index is -0.461. The van der Waals surface area contributed by atoms with Crippen molar-refractivity contribution in [3.63, 3.8) is 0 Å². The zero-order valence-electron chi connectivity index (χ0n) is 13.3. The summed E-state index contributed by atoms with van der Waals surface area (Å²) in [6.45, 7) is 4.41. The summed E-state index contributed by atoms with van der Waals surface area (Å²) in [5.74, 6) is -0.512. The predicted octanol–water partition coefficient (Wildman–Crippen LogP) is 1.53. The fourth-order valence-corrected chi connectivity index (χ4v) is 3.33. The van der Waals surface area contributed by atoms with Gasteiger partial charge in [0.15, 0.2) is 0 Å². The van der Waals surface area contributed by atoms with E-state index in [0.29, 0.717) is 12.2 Å². The largest absolute Gasteiger partial charge is 0.341 e. The number of β-lactam (4-membered cyclic amide) rings is 1. The molecule has 1 aromatic rings. The number of hydrogen-bond donors (Lipinski definition) is 1. The minimum absolute atomic E-state index is 0.0481. The van der Waals surface area contributed by atoms with Crippen LogP contribution in [0, 0.1) is 5.82 Å². The Morgan fingerprint density at radius 2 is 2.09 bits per heavy atom. The Balaban J connectivity index is 1.55. The van der Waals surface area contributed by atoms with E-state index in [-0.39, 0.29) is 23.7 Å². The average molecular weight is 319 g/mol. The summed E-state index contributed by atoms with van der Waals surface area (Å²) in [6, 6.07) is 5.24. The van der Waals surface area contributed by atoms with Crippen LogP contribution in [0.1, 0.15) is 26.2 Å². The van der Waals surface area contributed by atoms with Gasteiger partial charge in [-0.2, -0.15) is 0 Å². The number of nitrogens with zero attached hydrogens (tertiary/aromatic N) is 2. The highest BCUT2D eigenvalue weighted by Gasteiger charge is 2.40. The number of carbonyl (C=O) groups excluding carboxylic acids is 2. The van der Waals surface area contributed by atoms with Crippen LogP contribution in [0.4, 0.5) is 10.1 Å². The maximum absolute atomic E-state index is 12.9. The molecule has 0 saturated carbocycles. The molecule has 1 aromatic carbocycles. The Kier molecular flexibility index (Phi) is 4.61. The first-order chi connectivity index (χ1) is 11.1. The molecule has 23 heavy (non-hydrogen) atoms. The van der Waals surface area contributed by atoms with Crippen LogP contribution in [0.3, 0.4) is 0 Å². The number of nitrogens with one attached hydrogen (secondary N) is 1. The number of likely N-dealkylation sites (tertiary alicyclic amines) is 1. The Morgan fingerprint density at radius 1 is 1.35 bits per heavy atom. The van der Waals surface area contributed by atoms with Gasteiger partial charge < -0.3 is 10.2 Å². The topological polar surface area (TPSA) is 52.7 Å². The summed E-state index contributed by atoms with van der Waals surface area (Å²) in [6.07, 6.45) is 2.90. The van der Waals surface area contributed by atoms with E-state index in [2.05, 4.69) is 17.1 Å². The summed E-state index contributed by atoms with van der Waals surface area (Å²) in [5, 5.41) is 2.86. The highest BCUT2D eigenvalue weighted by Crippen LogP contribution is 2.23. The van der Waals surface area contributed by atoms with Gasteiger partial charge in [-0.25, -0.2) is 4.39 Å². The van der Waals surface area contributed by atoms with E-state index >= 15 is 0 Å². The first kappa shape index (κ1) is 15.9. The normalized spacial score (nSPS) is 24.6. The van der Waals surface area contributed by atoms with E-state index in [9.17, 15) is 14.0 Å². The molecule has 3 rings (SSSR count). The summed E-state index contributed by atoms with van der Waals surface area (Å²) in [5.41, 5.74) is 0.662. The lowest BCUT2D eigenvalue weighted by Crippen LogP contribution is -2.65. The third-order valence-corrected chi connectivity index (χ3v) is 4.56. The van der Waals surface area contributed by atoms with Crippen molar-refractivity contribution >= 4 is 17.5 Å². The molecular formula is C17H22FN3O2. The van der Waals surface area contributed by atoms with Crippen LogP contribution in [-0.2, 0) is 9.59 Å². The monoisotopic (exact) mass is 319 g/mol. The molecule has 2 heterocycles. The molecule has 124 valence electrons. The van der Waals surface area contributed by atoms with Crippen molar-refractivity contribution in [3.8, 4) is 0 Å².